The Morgan fingerprint density at radius 3 is 2.33 bits per heavy atom. The highest BCUT2D eigenvalue weighted by molar-refractivity contribution is 5.90. The number of halogens is 1. The smallest absolute Gasteiger partial charge is 0.414 e. The molecule has 46 heavy (non-hydrogen) atoms. The Kier molecular flexibility index (Phi) is 10.5. The number of likely N-dealkylation sites (N-methyl/N-ethyl adjacent to an activating group) is 1. The zero-order valence-corrected chi connectivity index (χ0v) is 27.2. The average molecular weight is 641 g/mol. The summed E-state index contributed by atoms with van der Waals surface area (Å²) in [7, 11) is 2.15. The van der Waals surface area contributed by atoms with Gasteiger partial charge in [-0.05, 0) is 63.7 Å². The highest BCUT2D eigenvalue weighted by Crippen LogP contribution is 2.29. The minimum absolute atomic E-state index is 0.0545. The summed E-state index contributed by atoms with van der Waals surface area (Å²) in [6.45, 7) is 12.5. The van der Waals surface area contributed by atoms with Gasteiger partial charge in [0.1, 0.15) is 23.3 Å². The predicted octanol–water partition coefficient (Wildman–Crippen LogP) is 3.15. The van der Waals surface area contributed by atoms with E-state index < -0.39 is 29.7 Å². The topological polar surface area (TPSA) is 107 Å². The Hall–Kier alpha value is -4.10. The van der Waals surface area contributed by atoms with Crippen LogP contribution in [0.25, 0.3) is 0 Å². The summed E-state index contributed by atoms with van der Waals surface area (Å²) in [5.41, 5.74) is 1.34. The van der Waals surface area contributed by atoms with Crippen LogP contribution in [0.15, 0.2) is 42.5 Å². The first kappa shape index (κ1) is 33.3. The van der Waals surface area contributed by atoms with Gasteiger partial charge in [0.05, 0.1) is 24.5 Å². The summed E-state index contributed by atoms with van der Waals surface area (Å²) in [4.78, 5) is 47.0. The number of rotatable bonds is 9. The number of benzene rings is 2. The summed E-state index contributed by atoms with van der Waals surface area (Å²) in [6.07, 6.45) is -1.81. The molecule has 0 unspecified atom stereocenters. The standard InChI is InChI=1S/C33H45FN6O6/c1-33(2,3)46-31(42)35-20-27-22-40(32(43)45-27)25-7-10-29(28(34)19-25)38-15-17-39(18-16-38)30(41)23-44-26-8-5-24(6-9-26)21-37-13-11-36(4)12-14-37/h5-10,19,27H,11-18,20-23H2,1-4H3,(H,35,42)/t27-/m0/s1. The zero-order valence-electron chi connectivity index (χ0n) is 27.2. The maximum absolute atomic E-state index is 15.3. The molecular weight excluding hydrogens is 595 g/mol. The fourth-order valence-corrected chi connectivity index (χ4v) is 5.66. The van der Waals surface area contributed by atoms with Crippen molar-refractivity contribution in [2.24, 2.45) is 0 Å². The fraction of sp³-hybridized carbons (Fsp3) is 0.545. The number of hydrogen-bond donors (Lipinski definition) is 1. The number of hydrogen-bond acceptors (Lipinski definition) is 9. The van der Waals surface area contributed by atoms with Gasteiger partial charge >= 0.3 is 12.2 Å². The van der Waals surface area contributed by atoms with E-state index in [1.54, 1.807) is 37.8 Å². The largest absolute Gasteiger partial charge is 0.484 e. The zero-order chi connectivity index (χ0) is 32.8. The van der Waals surface area contributed by atoms with E-state index in [2.05, 4.69) is 22.2 Å². The van der Waals surface area contributed by atoms with Crippen molar-refractivity contribution in [3.05, 3.63) is 53.8 Å². The molecule has 1 N–H and O–H groups in total. The lowest BCUT2D eigenvalue weighted by Gasteiger charge is -2.36. The number of carbonyl (C=O) groups excluding carboxylic acids is 3. The number of alkyl carbamates (subject to hydrolysis) is 1. The van der Waals surface area contributed by atoms with Crippen LogP contribution in [0.1, 0.15) is 26.3 Å². The van der Waals surface area contributed by atoms with Crippen molar-refractivity contribution >= 4 is 29.5 Å². The van der Waals surface area contributed by atoms with Gasteiger partial charge in [-0.1, -0.05) is 12.1 Å². The second kappa shape index (κ2) is 14.5. The van der Waals surface area contributed by atoms with Gasteiger partial charge in [0.2, 0.25) is 0 Å². The molecule has 0 spiro atoms. The summed E-state index contributed by atoms with van der Waals surface area (Å²) in [5.74, 6) is 0.0730. The molecule has 3 saturated heterocycles. The number of nitrogens with zero attached hydrogens (tertiary/aromatic N) is 5. The van der Waals surface area contributed by atoms with Crippen molar-refractivity contribution in [3.8, 4) is 5.75 Å². The lowest BCUT2D eigenvalue weighted by atomic mass is 10.2. The van der Waals surface area contributed by atoms with Crippen molar-refractivity contribution in [1.29, 1.82) is 0 Å². The molecule has 5 rings (SSSR count). The molecule has 0 saturated carbocycles. The van der Waals surface area contributed by atoms with E-state index in [-0.39, 0.29) is 25.6 Å². The number of carbonyl (C=O) groups is 3. The maximum atomic E-state index is 15.3. The van der Waals surface area contributed by atoms with E-state index >= 15 is 4.39 Å². The molecule has 3 amide bonds. The average Bonchev–Trinajstić information content (AvgIpc) is 3.40. The maximum Gasteiger partial charge on any atom is 0.414 e. The van der Waals surface area contributed by atoms with Crippen LogP contribution in [0.3, 0.4) is 0 Å². The van der Waals surface area contributed by atoms with Gasteiger partial charge in [0, 0.05) is 58.9 Å². The first-order valence-electron chi connectivity index (χ1n) is 15.8. The third kappa shape index (κ3) is 9.00. The number of nitrogens with one attached hydrogen (secondary N) is 1. The number of cyclic esters (lactones) is 1. The summed E-state index contributed by atoms with van der Waals surface area (Å²) in [6, 6.07) is 12.5. The molecule has 0 aromatic heterocycles. The van der Waals surface area contributed by atoms with Gasteiger partial charge in [0.25, 0.3) is 5.91 Å². The van der Waals surface area contributed by atoms with E-state index in [4.69, 9.17) is 14.2 Å². The Morgan fingerprint density at radius 1 is 0.978 bits per heavy atom. The Balaban J connectivity index is 1.05. The van der Waals surface area contributed by atoms with E-state index in [1.165, 1.54) is 16.5 Å². The molecule has 12 nitrogen and oxygen atoms in total. The molecule has 2 aromatic rings. The van der Waals surface area contributed by atoms with Gasteiger partial charge in [0.15, 0.2) is 6.61 Å². The summed E-state index contributed by atoms with van der Waals surface area (Å²) >= 11 is 0. The van der Waals surface area contributed by atoms with Gasteiger partial charge in [-0.25, -0.2) is 14.0 Å². The minimum Gasteiger partial charge on any atom is -0.484 e. The number of amides is 3. The first-order chi connectivity index (χ1) is 21.9. The third-order valence-corrected chi connectivity index (χ3v) is 8.25. The van der Waals surface area contributed by atoms with E-state index in [9.17, 15) is 14.4 Å². The summed E-state index contributed by atoms with van der Waals surface area (Å²) in [5, 5.41) is 2.60. The Labute approximate surface area is 269 Å². The van der Waals surface area contributed by atoms with Crippen molar-refractivity contribution < 1.29 is 33.0 Å². The molecule has 1 atom stereocenters. The summed E-state index contributed by atoms with van der Waals surface area (Å²) < 4.78 is 31.6. The molecule has 13 heteroatoms. The van der Waals surface area contributed by atoms with E-state index in [0.29, 0.717) is 43.3 Å². The van der Waals surface area contributed by atoms with Crippen LogP contribution in [-0.4, -0.2) is 124 Å². The van der Waals surface area contributed by atoms with Gasteiger partial charge in [-0.15, -0.1) is 0 Å². The lowest BCUT2D eigenvalue weighted by molar-refractivity contribution is -0.133. The molecular formula is C33H45FN6O6. The SMILES string of the molecule is CN1CCN(Cc2ccc(OCC(=O)N3CCN(c4ccc(N5C[C@H](CNC(=O)OC(C)(C)C)OC5=O)cc4F)CC3)cc2)CC1. The molecule has 3 aliphatic heterocycles. The lowest BCUT2D eigenvalue weighted by Crippen LogP contribution is -2.50. The van der Waals surface area contributed by atoms with Crippen LogP contribution in [0, 0.1) is 5.82 Å². The van der Waals surface area contributed by atoms with Crippen LogP contribution in [-0.2, 0) is 20.8 Å². The van der Waals surface area contributed by atoms with Crippen LogP contribution in [0.2, 0.25) is 0 Å². The van der Waals surface area contributed by atoms with E-state index in [1.807, 2.05) is 29.2 Å². The number of piperazine rings is 2. The fourth-order valence-electron chi connectivity index (χ4n) is 5.66. The van der Waals surface area contributed by atoms with Crippen molar-refractivity contribution in [1.82, 2.24) is 20.0 Å². The van der Waals surface area contributed by atoms with Crippen molar-refractivity contribution in [2.75, 3.05) is 88.9 Å². The Bertz CT molecular complexity index is 1370. The molecule has 3 heterocycles. The molecule has 0 radical (unpaired) electrons. The minimum atomic E-state index is -0.642. The van der Waals surface area contributed by atoms with Gasteiger partial charge in [-0.3, -0.25) is 14.6 Å². The van der Waals surface area contributed by atoms with Crippen LogP contribution in [0.5, 0.6) is 5.75 Å². The van der Waals surface area contributed by atoms with Gasteiger partial charge < -0.3 is 34.2 Å². The number of anilines is 2. The molecule has 3 fully saturated rings. The quantitative estimate of drug-likeness (QED) is 0.443. The van der Waals surface area contributed by atoms with Crippen LogP contribution < -0.4 is 19.9 Å². The van der Waals surface area contributed by atoms with Crippen molar-refractivity contribution in [2.45, 2.75) is 39.0 Å². The normalized spacial score (nSPS) is 19.6. The highest BCUT2D eigenvalue weighted by atomic mass is 19.1. The monoisotopic (exact) mass is 640 g/mol. The predicted molar refractivity (Wildman–Crippen MR) is 172 cm³/mol. The molecule has 0 aliphatic carbocycles. The second-order valence-electron chi connectivity index (χ2n) is 13.0. The van der Waals surface area contributed by atoms with Crippen LogP contribution in [0.4, 0.5) is 25.4 Å². The molecule has 0 bridgehead atoms. The number of ether oxygens (including phenoxy) is 3. The second-order valence-corrected chi connectivity index (χ2v) is 13.0. The molecule has 250 valence electrons. The molecule has 2 aromatic carbocycles. The first-order valence-corrected chi connectivity index (χ1v) is 15.8. The van der Waals surface area contributed by atoms with Gasteiger partial charge in [-0.2, -0.15) is 0 Å². The van der Waals surface area contributed by atoms with Crippen LogP contribution >= 0.6 is 0 Å². The molecule has 3 aliphatic rings. The Morgan fingerprint density at radius 2 is 1.67 bits per heavy atom. The highest BCUT2D eigenvalue weighted by Gasteiger charge is 2.34. The third-order valence-electron chi connectivity index (χ3n) is 8.25. The van der Waals surface area contributed by atoms with E-state index in [0.717, 1.165) is 32.7 Å². The van der Waals surface area contributed by atoms with Crippen molar-refractivity contribution in [3.63, 3.8) is 0 Å².